The van der Waals surface area contributed by atoms with E-state index in [9.17, 15) is 0 Å². The highest BCUT2D eigenvalue weighted by Gasteiger charge is 2.12. The molecule has 0 saturated heterocycles. The molecular formula is C13H13N3OS2. The fourth-order valence-electron chi connectivity index (χ4n) is 1.85. The monoisotopic (exact) mass is 291 g/mol. The third-order valence-corrected chi connectivity index (χ3v) is 4.61. The summed E-state index contributed by atoms with van der Waals surface area (Å²) in [7, 11) is 1.67. The van der Waals surface area contributed by atoms with Crippen LogP contribution >= 0.6 is 23.1 Å². The smallest absolute Gasteiger partial charge is 0.213 e. The molecule has 3 rings (SSSR count). The summed E-state index contributed by atoms with van der Waals surface area (Å²) in [6.07, 6.45) is 1.95. The van der Waals surface area contributed by atoms with Gasteiger partial charge in [0.1, 0.15) is 5.75 Å². The maximum absolute atomic E-state index is 5.36. The summed E-state index contributed by atoms with van der Waals surface area (Å²) in [5.74, 6) is 1.85. The topological polar surface area (TPSA) is 39.4 Å². The van der Waals surface area contributed by atoms with Crippen LogP contribution in [-0.4, -0.2) is 27.5 Å². The van der Waals surface area contributed by atoms with Crippen LogP contribution in [0.15, 0.2) is 34.8 Å². The number of imidazole rings is 1. The van der Waals surface area contributed by atoms with Gasteiger partial charge in [-0.1, -0.05) is 42.2 Å². The van der Waals surface area contributed by atoms with Gasteiger partial charge in [0.05, 0.1) is 19.0 Å². The lowest BCUT2D eigenvalue weighted by Crippen LogP contribution is -1.87. The number of fused-ring (bicyclic) bond motifs is 1. The van der Waals surface area contributed by atoms with E-state index in [0.29, 0.717) is 0 Å². The molecule has 3 aromatic rings. The Bertz CT molecular complexity index is 673. The highest BCUT2D eigenvalue weighted by molar-refractivity contribution is 8.01. The van der Waals surface area contributed by atoms with E-state index in [4.69, 9.17) is 4.74 Å². The van der Waals surface area contributed by atoms with Crippen molar-refractivity contribution in [1.29, 1.82) is 0 Å². The molecule has 1 aromatic carbocycles. The minimum absolute atomic E-state index is 0.830. The SMILES string of the molecule is CCSc1nn2cc(-c3ccccc3OC)nc2s1. The standard InChI is InChI=1S/C13H13N3OS2/c1-3-18-13-15-16-8-10(14-12(16)19-13)9-6-4-5-7-11(9)17-2/h4-8H,3H2,1-2H3. The van der Waals surface area contributed by atoms with Crippen molar-refractivity contribution < 1.29 is 4.74 Å². The summed E-state index contributed by atoms with van der Waals surface area (Å²) < 4.78 is 8.25. The molecule has 2 aromatic heterocycles. The second-order valence-electron chi connectivity index (χ2n) is 3.85. The summed E-state index contributed by atoms with van der Waals surface area (Å²) in [6, 6.07) is 7.88. The summed E-state index contributed by atoms with van der Waals surface area (Å²) in [6.45, 7) is 2.12. The molecule has 0 bridgehead atoms. The normalized spacial score (nSPS) is 11.1. The molecule has 98 valence electrons. The summed E-state index contributed by atoms with van der Waals surface area (Å²) in [5.41, 5.74) is 1.89. The zero-order valence-corrected chi connectivity index (χ0v) is 12.3. The van der Waals surface area contributed by atoms with Gasteiger partial charge in [-0.15, -0.1) is 5.10 Å². The average molecular weight is 291 g/mol. The highest BCUT2D eigenvalue weighted by Crippen LogP contribution is 2.31. The predicted molar refractivity (Wildman–Crippen MR) is 79.3 cm³/mol. The molecule has 0 radical (unpaired) electrons. The van der Waals surface area contributed by atoms with E-state index in [0.717, 1.165) is 32.1 Å². The average Bonchev–Trinajstić information content (AvgIpc) is 2.97. The first kappa shape index (κ1) is 12.5. The molecule has 19 heavy (non-hydrogen) atoms. The summed E-state index contributed by atoms with van der Waals surface area (Å²) >= 11 is 3.35. The van der Waals surface area contributed by atoms with Gasteiger partial charge in [-0.05, 0) is 17.9 Å². The van der Waals surface area contributed by atoms with Crippen molar-refractivity contribution in [3.05, 3.63) is 30.5 Å². The predicted octanol–water partition coefficient (Wildman–Crippen LogP) is 3.58. The minimum atomic E-state index is 0.830. The molecule has 0 aliphatic heterocycles. The molecular weight excluding hydrogens is 278 g/mol. The van der Waals surface area contributed by atoms with Crippen molar-refractivity contribution >= 4 is 28.1 Å². The lowest BCUT2D eigenvalue weighted by molar-refractivity contribution is 0.416. The Morgan fingerprint density at radius 3 is 2.95 bits per heavy atom. The molecule has 0 aliphatic carbocycles. The van der Waals surface area contributed by atoms with Crippen LogP contribution in [0.3, 0.4) is 0 Å². The largest absolute Gasteiger partial charge is 0.496 e. The van der Waals surface area contributed by atoms with Crippen LogP contribution in [0.4, 0.5) is 0 Å². The van der Waals surface area contributed by atoms with Gasteiger partial charge in [0.15, 0.2) is 4.34 Å². The number of methoxy groups -OCH3 is 1. The second kappa shape index (κ2) is 5.22. The maximum Gasteiger partial charge on any atom is 0.213 e. The summed E-state index contributed by atoms with van der Waals surface area (Å²) in [5, 5.41) is 4.50. The van der Waals surface area contributed by atoms with Crippen molar-refractivity contribution in [2.24, 2.45) is 0 Å². The molecule has 0 spiro atoms. The number of benzene rings is 1. The minimum Gasteiger partial charge on any atom is -0.496 e. The molecule has 6 heteroatoms. The molecule has 4 nitrogen and oxygen atoms in total. The zero-order chi connectivity index (χ0) is 13.2. The summed E-state index contributed by atoms with van der Waals surface area (Å²) in [4.78, 5) is 5.53. The molecule has 0 N–H and O–H groups in total. The zero-order valence-electron chi connectivity index (χ0n) is 10.7. The molecule has 0 unspecified atom stereocenters. The van der Waals surface area contributed by atoms with Crippen molar-refractivity contribution in [3.8, 4) is 17.0 Å². The number of hydrogen-bond donors (Lipinski definition) is 0. The Hall–Kier alpha value is -1.53. The molecule has 0 saturated carbocycles. The van der Waals surface area contributed by atoms with Gasteiger partial charge in [0.25, 0.3) is 0 Å². The molecule has 0 atom stereocenters. The van der Waals surface area contributed by atoms with E-state index in [1.807, 2.05) is 35.0 Å². The van der Waals surface area contributed by atoms with Crippen LogP contribution in [0.25, 0.3) is 16.2 Å². The van der Waals surface area contributed by atoms with Crippen molar-refractivity contribution in [2.45, 2.75) is 11.3 Å². The lowest BCUT2D eigenvalue weighted by Gasteiger charge is -2.04. The van der Waals surface area contributed by atoms with Gasteiger partial charge >= 0.3 is 0 Å². The van der Waals surface area contributed by atoms with Gasteiger partial charge in [0, 0.05) is 5.56 Å². The van der Waals surface area contributed by atoms with Crippen molar-refractivity contribution in [1.82, 2.24) is 14.6 Å². The van der Waals surface area contributed by atoms with E-state index in [1.165, 1.54) is 0 Å². The van der Waals surface area contributed by atoms with Crippen molar-refractivity contribution in [2.75, 3.05) is 12.9 Å². The van der Waals surface area contributed by atoms with Gasteiger partial charge in [-0.25, -0.2) is 9.50 Å². The van der Waals surface area contributed by atoms with E-state index in [1.54, 1.807) is 30.2 Å². The fourth-order valence-corrected chi connectivity index (χ4v) is 3.67. The van der Waals surface area contributed by atoms with E-state index in [-0.39, 0.29) is 0 Å². The van der Waals surface area contributed by atoms with Crippen LogP contribution in [0, 0.1) is 0 Å². The molecule has 0 amide bonds. The number of thioether (sulfide) groups is 1. The first-order chi connectivity index (χ1) is 9.31. The highest BCUT2D eigenvalue weighted by atomic mass is 32.2. The van der Waals surface area contributed by atoms with Gasteiger partial charge in [-0.3, -0.25) is 0 Å². The maximum atomic E-state index is 5.36. The Morgan fingerprint density at radius 2 is 2.21 bits per heavy atom. The van der Waals surface area contributed by atoms with Gasteiger partial charge in [0.2, 0.25) is 4.96 Å². The Kier molecular flexibility index (Phi) is 3.44. The van der Waals surface area contributed by atoms with Crippen LogP contribution < -0.4 is 4.74 Å². The first-order valence-corrected chi connectivity index (χ1v) is 7.74. The Morgan fingerprint density at radius 1 is 1.37 bits per heavy atom. The van der Waals surface area contributed by atoms with Crippen LogP contribution in [0.1, 0.15) is 6.92 Å². The van der Waals surface area contributed by atoms with Gasteiger partial charge < -0.3 is 4.74 Å². The van der Waals surface area contributed by atoms with Crippen LogP contribution in [0.2, 0.25) is 0 Å². The molecule has 2 heterocycles. The number of aromatic nitrogens is 3. The number of rotatable bonds is 4. The molecule has 0 fully saturated rings. The number of nitrogens with zero attached hydrogens (tertiary/aromatic N) is 3. The van der Waals surface area contributed by atoms with Crippen molar-refractivity contribution in [3.63, 3.8) is 0 Å². The number of para-hydroxylation sites is 1. The third-order valence-electron chi connectivity index (χ3n) is 2.68. The second-order valence-corrected chi connectivity index (χ2v) is 6.32. The lowest BCUT2D eigenvalue weighted by atomic mass is 10.1. The number of hydrogen-bond acceptors (Lipinski definition) is 5. The van der Waals surface area contributed by atoms with Crippen LogP contribution in [-0.2, 0) is 0 Å². The molecule has 0 aliphatic rings. The van der Waals surface area contributed by atoms with Gasteiger partial charge in [-0.2, -0.15) is 0 Å². The first-order valence-electron chi connectivity index (χ1n) is 5.94. The Labute approximate surface area is 119 Å². The van der Waals surface area contributed by atoms with E-state index in [2.05, 4.69) is 17.0 Å². The number of ether oxygens (including phenoxy) is 1. The van der Waals surface area contributed by atoms with Crippen LogP contribution in [0.5, 0.6) is 5.75 Å². The third kappa shape index (κ3) is 2.33. The van der Waals surface area contributed by atoms with E-state index >= 15 is 0 Å². The Balaban J connectivity index is 2.03. The van der Waals surface area contributed by atoms with E-state index < -0.39 is 0 Å². The quantitative estimate of drug-likeness (QED) is 0.689. The fraction of sp³-hybridized carbons (Fsp3) is 0.231.